The highest BCUT2D eigenvalue weighted by molar-refractivity contribution is 7.14. The van der Waals surface area contributed by atoms with Crippen molar-refractivity contribution in [3.05, 3.63) is 45.1 Å². The lowest BCUT2D eigenvalue weighted by Crippen LogP contribution is -2.03. The number of halogens is 4. The summed E-state index contributed by atoms with van der Waals surface area (Å²) in [5.74, 6) is -0.601. The summed E-state index contributed by atoms with van der Waals surface area (Å²) in [4.78, 5) is 18.6. The van der Waals surface area contributed by atoms with Crippen LogP contribution in [-0.4, -0.2) is 15.8 Å². The average Bonchev–Trinajstić information content (AvgIpc) is 2.77. The molecule has 0 N–H and O–H groups in total. The predicted octanol–water partition coefficient (Wildman–Crippen LogP) is 3.44. The van der Waals surface area contributed by atoms with Crippen molar-refractivity contribution in [3.63, 3.8) is 0 Å². The van der Waals surface area contributed by atoms with Crippen LogP contribution >= 0.6 is 22.9 Å². The molecule has 3 nitrogen and oxygen atoms in total. The number of carbonyl (C=O) groups excluding carboxylic acids is 1. The third-order valence-corrected chi connectivity index (χ3v) is 3.33. The van der Waals surface area contributed by atoms with Crippen LogP contribution in [0.4, 0.5) is 13.2 Å². The van der Waals surface area contributed by atoms with Gasteiger partial charge in [-0.15, -0.1) is 11.3 Å². The second-order valence-electron chi connectivity index (χ2n) is 3.21. The van der Waals surface area contributed by atoms with Gasteiger partial charge in [-0.05, 0) is 6.07 Å². The SMILES string of the molecule is O=C(c1cnc(C(F)(F)F)s1)c1ccncc1Cl. The van der Waals surface area contributed by atoms with Gasteiger partial charge in [0.05, 0.1) is 9.90 Å². The van der Waals surface area contributed by atoms with E-state index in [2.05, 4.69) is 9.97 Å². The monoisotopic (exact) mass is 292 g/mol. The normalized spacial score (nSPS) is 11.6. The molecule has 8 heteroatoms. The second kappa shape index (κ2) is 4.66. The Kier molecular flexibility index (Phi) is 3.36. The first-order valence-corrected chi connectivity index (χ1v) is 5.76. The zero-order valence-electron chi connectivity index (χ0n) is 8.53. The third-order valence-electron chi connectivity index (χ3n) is 1.99. The molecule has 0 aliphatic heterocycles. The molecule has 2 rings (SSSR count). The first-order valence-electron chi connectivity index (χ1n) is 4.57. The van der Waals surface area contributed by atoms with Crippen LogP contribution in [0.25, 0.3) is 0 Å². The van der Waals surface area contributed by atoms with E-state index in [4.69, 9.17) is 11.6 Å². The van der Waals surface area contributed by atoms with E-state index in [1.165, 1.54) is 18.5 Å². The van der Waals surface area contributed by atoms with Crippen molar-refractivity contribution in [2.45, 2.75) is 6.18 Å². The summed E-state index contributed by atoms with van der Waals surface area (Å²) in [7, 11) is 0. The largest absolute Gasteiger partial charge is 0.443 e. The number of ketones is 1. The number of carbonyl (C=O) groups is 1. The summed E-state index contributed by atoms with van der Waals surface area (Å²) in [6.07, 6.45) is -1.07. The van der Waals surface area contributed by atoms with Gasteiger partial charge < -0.3 is 0 Å². The Balaban J connectivity index is 2.36. The minimum absolute atomic E-state index is 0.0875. The second-order valence-corrected chi connectivity index (χ2v) is 4.65. The maximum absolute atomic E-state index is 12.3. The topological polar surface area (TPSA) is 42.9 Å². The van der Waals surface area contributed by atoms with Gasteiger partial charge >= 0.3 is 6.18 Å². The van der Waals surface area contributed by atoms with Gasteiger partial charge in [-0.25, -0.2) is 4.98 Å². The number of thiazole rings is 1. The zero-order valence-corrected chi connectivity index (χ0v) is 10.1. The molecule has 0 unspecified atom stereocenters. The van der Waals surface area contributed by atoms with Crippen molar-refractivity contribution in [1.82, 2.24) is 9.97 Å². The molecule has 0 spiro atoms. The van der Waals surface area contributed by atoms with E-state index >= 15 is 0 Å². The molecule has 0 radical (unpaired) electrons. The molecule has 0 saturated heterocycles. The smallest absolute Gasteiger partial charge is 0.288 e. The van der Waals surface area contributed by atoms with Crippen LogP contribution in [0.3, 0.4) is 0 Å². The third kappa shape index (κ3) is 2.51. The number of nitrogens with zero attached hydrogens (tertiary/aromatic N) is 2. The predicted molar refractivity (Wildman–Crippen MR) is 59.8 cm³/mol. The van der Waals surface area contributed by atoms with Gasteiger partial charge in [-0.3, -0.25) is 9.78 Å². The number of pyridine rings is 1. The minimum Gasteiger partial charge on any atom is -0.288 e. The molecule has 0 saturated carbocycles. The Labute approximate surface area is 108 Å². The maximum atomic E-state index is 12.3. The standard InChI is InChI=1S/C10H4ClF3N2OS/c11-6-3-15-2-1-5(6)8(17)7-4-16-9(18-7)10(12,13)14/h1-4H. The van der Waals surface area contributed by atoms with Crippen LogP contribution in [0.2, 0.25) is 5.02 Å². The van der Waals surface area contributed by atoms with E-state index in [1.54, 1.807) is 0 Å². The summed E-state index contributed by atoms with van der Waals surface area (Å²) >= 11 is 6.03. The van der Waals surface area contributed by atoms with Crippen molar-refractivity contribution in [2.75, 3.05) is 0 Å². The number of aromatic nitrogens is 2. The Morgan fingerprint density at radius 3 is 2.61 bits per heavy atom. The van der Waals surface area contributed by atoms with Gasteiger partial charge in [-0.1, -0.05) is 11.6 Å². The molecule has 0 aromatic carbocycles. The van der Waals surface area contributed by atoms with E-state index in [0.717, 1.165) is 6.20 Å². The van der Waals surface area contributed by atoms with E-state index in [1.807, 2.05) is 0 Å². The Bertz CT molecular complexity index is 597. The van der Waals surface area contributed by atoms with Crippen LogP contribution in [0.15, 0.2) is 24.7 Å². The van der Waals surface area contributed by atoms with Crippen LogP contribution < -0.4 is 0 Å². The number of rotatable bonds is 2. The van der Waals surface area contributed by atoms with Crippen molar-refractivity contribution in [1.29, 1.82) is 0 Å². The van der Waals surface area contributed by atoms with Gasteiger partial charge in [0.25, 0.3) is 0 Å². The summed E-state index contributed by atoms with van der Waals surface area (Å²) in [6.45, 7) is 0. The summed E-state index contributed by atoms with van der Waals surface area (Å²) in [6, 6.07) is 1.34. The van der Waals surface area contributed by atoms with Crippen molar-refractivity contribution >= 4 is 28.7 Å². The molecular weight excluding hydrogens is 289 g/mol. The van der Waals surface area contributed by atoms with Gasteiger partial charge in [0.15, 0.2) is 5.01 Å². The quantitative estimate of drug-likeness (QED) is 0.796. The van der Waals surface area contributed by atoms with Crippen LogP contribution in [0.5, 0.6) is 0 Å². The molecule has 2 aromatic rings. The molecule has 0 bridgehead atoms. The van der Waals surface area contributed by atoms with E-state index in [-0.39, 0.29) is 26.8 Å². The first-order chi connectivity index (χ1) is 8.39. The summed E-state index contributed by atoms with van der Waals surface area (Å²) in [5.41, 5.74) is 0.101. The lowest BCUT2D eigenvalue weighted by Gasteiger charge is -2.00. The van der Waals surface area contributed by atoms with Gasteiger partial charge in [0, 0.05) is 24.2 Å². The highest BCUT2D eigenvalue weighted by atomic mass is 35.5. The molecule has 2 aromatic heterocycles. The number of hydrogen-bond donors (Lipinski definition) is 0. The first kappa shape index (κ1) is 13.0. The fourth-order valence-electron chi connectivity index (χ4n) is 1.20. The Hall–Kier alpha value is -1.47. The van der Waals surface area contributed by atoms with Gasteiger partial charge in [0.2, 0.25) is 5.78 Å². The summed E-state index contributed by atoms with van der Waals surface area (Å²) in [5, 5.41) is -0.972. The van der Waals surface area contributed by atoms with Crippen molar-refractivity contribution in [3.8, 4) is 0 Å². The number of hydrogen-bond acceptors (Lipinski definition) is 4. The Morgan fingerprint density at radius 2 is 2.06 bits per heavy atom. The summed E-state index contributed by atoms with van der Waals surface area (Å²) < 4.78 is 37.0. The van der Waals surface area contributed by atoms with Crippen molar-refractivity contribution in [2.24, 2.45) is 0 Å². The molecule has 94 valence electrons. The minimum atomic E-state index is -4.55. The van der Waals surface area contributed by atoms with Gasteiger partial charge in [0.1, 0.15) is 0 Å². The maximum Gasteiger partial charge on any atom is 0.443 e. The highest BCUT2D eigenvalue weighted by Crippen LogP contribution is 2.33. The van der Waals surface area contributed by atoms with Gasteiger partial charge in [-0.2, -0.15) is 13.2 Å². The lowest BCUT2D eigenvalue weighted by molar-refractivity contribution is -0.137. The van der Waals surface area contributed by atoms with Crippen molar-refractivity contribution < 1.29 is 18.0 Å². The Morgan fingerprint density at radius 1 is 1.33 bits per heavy atom. The lowest BCUT2D eigenvalue weighted by atomic mass is 10.1. The molecular formula is C10H4ClF3N2OS. The molecule has 0 aliphatic carbocycles. The van der Waals surface area contributed by atoms with E-state index in [0.29, 0.717) is 0 Å². The molecule has 0 amide bonds. The molecule has 2 heterocycles. The molecule has 18 heavy (non-hydrogen) atoms. The van der Waals surface area contributed by atoms with Crippen LogP contribution in [0, 0.1) is 0 Å². The fraction of sp³-hybridized carbons (Fsp3) is 0.100. The van der Waals surface area contributed by atoms with E-state index in [9.17, 15) is 18.0 Å². The average molecular weight is 293 g/mol. The molecule has 0 fully saturated rings. The van der Waals surface area contributed by atoms with Crippen LogP contribution in [-0.2, 0) is 6.18 Å². The highest BCUT2D eigenvalue weighted by Gasteiger charge is 2.35. The van der Waals surface area contributed by atoms with Crippen LogP contribution in [0.1, 0.15) is 20.2 Å². The van der Waals surface area contributed by atoms with E-state index < -0.39 is 17.0 Å². The fourth-order valence-corrected chi connectivity index (χ4v) is 2.14. The molecule has 0 aliphatic rings. The number of alkyl halides is 3. The zero-order chi connectivity index (χ0) is 13.3. The molecule has 0 atom stereocenters.